The zero-order valence-corrected chi connectivity index (χ0v) is 26.1. The number of benzene rings is 3. The number of rotatable bonds is 4. The molecule has 3 aromatic rings. The number of hydrogen-bond acceptors (Lipinski definition) is 0. The van der Waals surface area contributed by atoms with E-state index in [0.717, 1.165) is 0 Å². The normalized spacial score (nSPS) is 13.6. The van der Waals surface area contributed by atoms with E-state index >= 15 is 0 Å². The summed E-state index contributed by atoms with van der Waals surface area (Å²) in [5.74, 6) is 0. The quantitative estimate of drug-likeness (QED) is 0.309. The summed E-state index contributed by atoms with van der Waals surface area (Å²) >= 11 is 0. The van der Waals surface area contributed by atoms with Gasteiger partial charge in [-0.25, -0.2) is 0 Å². The molecule has 0 atom stereocenters. The Hall–Kier alpha value is -2.86. The molecule has 0 bridgehead atoms. The Labute approximate surface area is 233 Å². The average molecular weight is 507 g/mol. The van der Waals surface area contributed by atoms with E-state index < -0.39 is 0 Å². The molecule has 0 nitrogen and oxygen atoms in total. The van der Waals surface area contributed by atoms with Crippen molar-refractivity contribution in [3.05, 3.63) is 105 Å². The van der Waals surface area contributed by atoms with Crippen LogP contribution in [-0.4, -0.2) is 0 Å². The molecule has 3 aromatic carbocycles. The first kappa shape index (κ1) is 29.7. The van der Waals surface area contributed by atoms with Gasteiger partial charge in [0.05, 0.1) is 0 Å². The van der Waals surface area contributed by atoms with Gasteiger partial charge in [0, 0.05) is 0 Å². The van der Waals surface area contributed by atoms with Crippen molar-refractivity contribution in [3.63, 3.8) is 0 Å². The van der Waals surface area contributed by atoms with Crippen molar-refractivity contribution >= 4 is 24.3 Å². The first-order chi connectivity index (χ1) is 17.3. The van der Waals surface area contributed by atoms with Crippen LogP contribution in [0.4, 0.5) is 0 Å². The zero-order chi connectivity index (χ0) is 28.5. The van der Waals surface area contributed by atoms with Crippen molar-refractivity contribution in [2.24, 2.45) is 0 Å². The van der Waals surface area contributed by atoms with Crippen LogP contribution in [0.15, 0.2) is 60.7 Å². The summed E-state index contributed by atoms with van der Waals surface area (Å²) in [6.45, 7) is 27.5. The van der Waals surface area contributed by atoms with Crippen LogP contribution >= 0.6 is 0 Å². The summed E-state index contributed by atoms with van der Waals surface area (Å²) in [7, 11) is 0. The molecule has 0 saturated heterocycles. The summed E-state index contributed by atoms with van der Waals surface area (Å²) in [4.78, 5) is 0. The highest BCUT2D eigenvalue weighted by atomic mass is 14.3. The Morgan fingerprint density at radius 3 is 0.868 bits per heavy atom. The second kappa shape index (κ2) is 10.7. The van der Waals surface area contributed by atoms with Crippen molar-refractivity contribution in [1.82, 2.24) is 0 Å². The summed E-state index contributed by atoms with van der Waals surface area (Å²) in [6, 6.07) is 22.9. The maximum Gasteiger partial charge on any atom is -0.0132 e. The summed E-state index contributed by atoms with van der Waals surface area (Å²) in [6.07, 6.45) is 9.00. The molecule has 0 unspecified atom stereocenters. The smallest absolute Gasteiger partial charge is 0.0132 e. The van der Waals surface area contributed by atoms with Gasteiger partial charge in [0.1, 0.15) is 0 Å². The fourth-order valence-corrected chi connectivity index (χ4v) is 4.38. The number of hydrogen-bond donors (Lipinski definition) is 0. The van der Waals surface area contributed by atoms with Crippen LogP contribution in [0.2, 0.25) is 0 Å². The maximum atomic E-state index is 2.38. The minimum atomic E-state index is 0.117. The highest BCUT2D eigenvalue weighted by Crippen LogP contribution is 2.32. The molecule has 0 fully saturated rings. The first-order valence-electron chi connectivity index (χ1n) is 14.1. The van der Waals surface area contributed by atoms with Crippen molar-refractivity contribution < 1.29 is 0 Å². The molecular weight excluding hydrogens is 456 g/mol. The highest BCUT2D eigenvalue weighted by Gasteiger charge is 2.21. The largest absolute Gasteiger partial charge is 0.0611 e. The molecule has 0 aliphatic rings. The molecule has 3 rings (SSSR count). The van der Waals surface area contributed by atoms with Crippen LogP contribution in [0, 0.1) is 0 Å². The average Bonchev–Trinajstić information content (AvgIpc) is 2.79. The third kappa shape index (κ3) is 8.07. The van der Waals surface area contributed by atoms with Gasteiger partial charge in [-0.05, 0) is 72.2 Å². The minimum Gasteiger partial charge on any atom is -0.0611 e. The van der Waals surface area contributed by atoms with Gasteiger partial charge in [-0.2, -0.15) is 0 Å². The van der Waals surface area contributed by atoms with E-state index in [2.05, 4.69) is 168 Å². The van der Waals surface area contributed by atoms with E-state index in [-0.39, 0.29) is 21.7 Å². The molecule has 0 aromatic heterocycles. The standard InChI is InChI=1S/C38H50/c1-35(2,3)31-21-29(22-32(25-31)36(4,5)6)18-16-27-14-13-15-28(20-27)17-19-30-23-33(37(7,8)9)26-34(24-30)38(10,11)12/h13-26H,1-12H3. The predicted molar refractivity (Wildman–Crippen MR) is 172 cm³/mol. The van der Waals surface area contributed by atoms with Gasteiger partial charge in [0.25, 0.3) is 0 Å². The lowest BCUT2D eigenvalue weighted by atomic mass is 9.79. The Bertz CT molecular complexity index is 1150. The van der Waals surface area contributed by atoms with Crippen molar-refractivity contribution in [2.45, 2.75) is 105 Å². The molecular formula is C38H50. The summed E-state index contributed by atoms with van der Waals surface area (Å²) < 4.78 is 0. The molecule has 0 saturated carbocycles. The van der Waals surface area contributed by atoms with Crippen LogP contribution in [0.5, 0.6) is 0 Å². The molecule has 0 radical (unpaired) electrons. The van der Waals surface area contributed by atoms with Crippen LogP contribution in [0.1, 0.15) is 128 Å². The molecule has 0 N–H and O–H groups in total. The predicted octanol–water partition coefficient (Wildman–Crippen LogP) is 11.2. The van der Waals surface area contributed by atoms with E-state index in [9.17, 15) is 0 Å². The molecule has 38 heavy (non-hydrogen) atoms. The third-order valence-corrected chi connectivity index (χ3v) is 7.22. The Balaban J connectivity index is 1.92. The molecule has 202 valence electrons. The Kier molecular flexibility index (Phi) is 8.38. The molecule has 0 amide bonds. The lowest BCUT2D eigenvalue weighted by Crippen LogP contribution is -2.16. The van der Waals surface area contributed by atoms with Gasteiger partial charge in [0.15, 0.2) is 0 Å². The SMILES string of the molecule is CC(C)(C)c1cc(C=Cc2cccc(C=Cc3cc(C(C)(C)C)cc(C(C)(C)C)c3)c2)cc(C(C)(C)C)c1. The molecule has 0 spiro atoms. The molecule has 0 aliphatic carbocycles. The Morgan fingerprint density at radius 2 is 0.605 bits per heavy atom. The highest BCUT2D eigenvalue weighted by molar-refractivity contribution is 5.75. The third-order valence-electron chi connectivity index (χ3n) is 7.22. The van der Waals surface area contributed by atoms with Gasteiger partial charge in [-0.3, -0.25) is 0 Å². The van der Waals surface area contributed by atoms with E-state index in [1.807, 2.05) is 0 Å². The lowest BCUT2D eigenvalue weighted by Gasteiger charge is -2.25. The fourth-order valence-electron chi connectivity index (χ4n) is 4.38. The van der Waals surface area contributed by atoms with Crippen molar-refractivity contribution in [3.8, 4) is 0 Å². The Morgan fingerprint density at radius 1 is 0.342 bits per heavy atom. The van der Waals surface area contributed by atoms with Crippen LogP contribution < -0.4 is 0 Å². The van der Waals surface area contributed by atoms with E-state index in [1.165, 1.54) is 44.5 Å². The van der Waals surface area contributed by atoms with Crippen LogP contribution in [-0.2, 0) is 21.7 Å². The van der Waals surface area contributed by atoms with Gasteiger partial charge < -0.3 is 0 Å². The molecule has 0 heteroatoms. The maximum absolute atomic E-state index is 2.38. The van der Waals surface area contributed by atoms with Crippen molar-refractivity contribution in [1.29, 1.82) is 0 Å². The second-order valence-electron chi connectivity index (χ2n) is 15.0. The van der Waals surface area contributed by atoms with Gasteiger partial charge >= 0.3 is 0 Å². The summed E-state index contributed by atoms with van der Waals surface area (Å²) in [5.41, 5.74) is 10.9. The van der Waals surface area contributed by atoms with Gasteiger partial charge in [-0.1, -0.05) is 162 Å². The topological polar surface area (TPSA) is 0 Å². The van der Waals surface area contributed by atoms with Gasteiger partial charge in [0.2, 0.25) is 0 Å². The second-order valence-corrected chi connectivity index (χ2v) is 15.0. The zero-order valence-electron chi connectivity index (χ0n) is 26.1. The van der Waals surface area contributed by atoms with Crippen LogP contribution in [0.25, 0.3) is 24.3 Å². The van der Waals surface area contributed by atoms with Crippen molar-refractivity contribution in [2.75, 3.05) is 0 Å². The minimum absolute atomic E-state index is 0.117. The van der Waals surface area contributed by atoms with E-state index in [1.54, 1.807) is 0 Å². The molecule has 0 aliphatic heterocycles. The first-order valence-corrected chi connectivity index (χ1v) is 14.1. The van der Waals surface area contributed by atoms with Gasteiger partial charge in [-0.15, -0.1) is 0 Å². The van der Waals surface area contributed by atoms with E-state index in [0.29, 0.717) is 0 Å². The fraction of sp³-hybridized carbons (Fsp3) is 0.421. The summed E-state index contributed by atoms with van der Waals surface area (Å²) in [5, 5.41) is 0. The van der Waals surface area contributed by atoms with E-state index in [4.69, 9.17) is 0 Å². The van der Waals surface area contributed by atoms with Crippen LogP contribution in [0.3, 0.4) is 0 Å². The monoisotopic (exact) mass is 506 g/mol. The molecule has 0 heterocycles. The lowest BCUT2D eigenvalue weighted by molar-refractivity contribution is 0.568.